The highest BCUT2D eigenvalue weighted by atomic mass is 31.3. The van der Waals surface area contributed by atoms with Gasteiger partial charge in [-0.1, -0.05) is 116 Å². The highest BCUT2D eigenvalue weighted by Crippen LogP contribution is 2.60. The first-order valence-corrected chi connectivity index (χ1v) is 25.7. The van der Waals surface area contributed by atoms with Gasteiger partial charge >= 0.3 is 33.3 Å². The number of hydrogen-bond acceptors (Lipinski definition) is 16. The van der Waals surface area contributed by atoms with Crippen LogP contribution < -0.4 is 11.4 Å². The first kappa shape index (κ1) is 57.0. The first-order valence-electron chi connectivity index (χ1n) is 22.7. The zero-order valence-corrected chi connectivity index (χ0v) is 39.5. The number of nitrogens with zero attached hydrogens (tertiary/aromatic N) is 2. The Hall–Kier alpha value is -3.09. The van der Waals surface area contributed by atoms with Crippen LogP contribution in [0, 0.1) is 5.92 Å². The van der Waals surface area contributed by atoms with Gasteiger partial charge in [-0.3, -0.25) is 28.0 Å². The van der Waals surface area contributed by atoms with Gasteiger partial charge in [-0.05, 0) is 50.2 Å². The van der Waals surface area contributed by atoms with Crippen LogP contribution in [0.1, 0.15) is 155 Å². The fourth-order valence-electron chi connectivity index (χ4n) is 6.60. The summed E-state index contributed by atoms with van der Waals surface area (Å²) in [5, 5.41) is 20.8. The predicted molar refractivity (Wildman–Crippen MR) is 238 cm³/mol. The molecular weight excluding hydrogens is 876 g/mol. The molecule has 0 amide bonds. The van der Waals surface area contributed by atoms with E-state index in [1.165, 1.54) is 25.3 Å². The molecule has 2 rings (SSSR count). The Balaban J connectivity index is 1.85. The van der Waals surface area contributed by atoms with Crippen molar-refractivity contribution >= 4 is 39.2 Å². The number of hydrogen-bond donors (Lipinski definition) is 5. The SMILES string of the molecule is CCCCCC(=O)/C=C/C=C\CCCCCCCC(=O)O[C@H](COC(=O)CCCCCCCCCC(C)C)COP(=O)(O)OP(=O)(O)OC[C@H]1O[C@@H](n2ccc(N)nc2=O)[C@H](O)[C@@H]1O. The summed E-state index contributed by atoms with van der Waals surface area (Å²) in [5.74, 6) is -0.548. The lowest BCUT2D eigenvalue weighted by atomic mass is 10.0. The molecule has 0 saturated carbocycles. The number of unbranched alkanes of at least 4 members (excludes halogenated alkanes) is 13. The van der Waals surface area contributed by atoms with E-state index in [9.17, 15) is 48.3 Å². The van der Waals surface area contributed by atoms with Gasteiger partial charge in [-0.15, -0.1) is 0 Å². The van der Waals surface area contributed by atoms with Crippen molar-refractivity contribution in [1.29, 1.82) is 0 Å². The molecule has 1 aromatic rings. The average Bonchev–Trinajstić information content (AvgIpc) is 3.50. The van der Waals surface area contributed by atoms with Gasteiger partial charge in [0.25, 0.3) is 0 Å². The summed E-state index contributed by atoms with van der Waals surface area (Å²) in [5.41, 5.74) is 4.56. The van der Waals surface area contributed by atoms with E-state index in [2.05, 4.69) is 30.1 Å². The number of ether oxygens (including phenoxy) is 3. The van der Waals surface area contributed by atoms with Crippen molar-refractivity contribution in [2.75, 3.05) is 25.6 Å². The van der Waals surface area contributed by atoms with Gasteiger partial charge in [0, 0.05) is 25.5 Å². The summed E-state index contributed by atoms with van der Waals surface area (Å²) in [6, 6.07) is 1.24. The molecule has 1 aromatic heterocycles. The van der Waals surface area contributed by atoms with E-state index in [0.717, 1.165) is 87.8 Å². The third-order valence-electron chi connectivity index (χ3n) is 10.2. The molecule has 1 fully saturated rings. The molecule has 1 aliphatic heterocycles. The van der Waals surface area contributed by atoms with Crippen molar-refractivity contribution in [1.82, 2.24) is 9.55 Å². The largest absolute Gasteiger partial charge is 0.481 e. The molecule has 2 unspecified atom stereocenters. The van der Waals surface area contributed by atoms with Crippen molar-refractivity contribution in [2.45, 2.75) is 180 Å². The number of esters is 2. The van der Waals surface area contributed by atoms with E-state index in [1.807, 2.05) is 12.2 Å². The molecule has 0 radical (unpaired) electrons. The zero-order chi connectivity index (χ0) is 47.4. The third kappa shape index (κ3) is 25.6. The lowest BCUT2D eigenvalue weighted by molar-refractivity contribution is -0.161. The van der Waals surface area contributed by atoms with Gasteiger partial charge < -0.3 is 39.9 Å². The quantitative estimate of drug-likeness (QED) is 0.0145. The Bertz CT molecular complexity index is 1740. The number of allylic oxidation sites excluding steroid dienone is 4. The Morgan fingerprint density at radius 2 is 1.44 bits per heavy atom. The van der Waals surface area contributed by atoms with Crippen LogP contribution in [0.2, 0.25) is 0 Å². The van der Waals surface area contributed by atoms with Gasteiger partial charge in [-0.25, -0.2) is 13.9 Å². The van der Waals surface area contributed by atoms with Gasteiger partial charge in [0.15, 0.2) is 18.1 Å². The van der Waals surface area contributed by atoms with E-state index in [1.54, 1.807) is 12.2 Å². The monoisotopic (exact) mass is 949 g/mol. The maximum Gasteiger partial charge on any atom is 0.481 e. The Kier molecular flexibility index (Phi) is 28.3. The topological polar surface area (TPSA) is 283 Å². The van der Waals surface area contributed by atoms with Crippen LogP contribution >= 0.6 is 15.6 Å². The number of aromatic nitrogens is 2. The summed E-state index contributed by atoms with van der Waals surface area (Å²) in [6.07, 6.45) is 17.2. The van der Waals surface area contributed by atoms with E-state index in [4.69, 9.17) is 29.0 Å². The lowest BCUT2D eigenvalue weighted by Gasteiger charge is -2.21. The van der Waals surface area contributed by atoms with Gasteiger partial charge in [0.05, 0.1) is 13.2 Å². The first-order chi connectivity index (χ1) is 30.4. The van der Waals surface area contributed by atoms with Gasteiger partial charge in [0.2, 0.25) is 0 Å². The number of phosphoric acid groups is 2. The second-order valence-corrected chi connectivity index (χ2v) is 19.5. The molecule has 366 valence electrons. The van der Waals surface area contributed by atoms with Crippen molar-refractivity contribution in [3.05, 3.63) is 47.1 Å². The van der Waals surface area contributed by atoms with E-state index >= 15 is 0 Å². The fourth-order valence-corrected chi connectivity index (χ4v) is 8.71. The van der Waals surface area contributed by atoms with Crippen LogP contribution in [0.3, 0.4) is 0 Å². The molecule has 0 spiro atoms. The van der Waals surface area contributed by atoms with Crippen LogP contribution in [0.15, 0.2) is 41.4 Å². The highest BCUT2D eigenvalue weighted by molar-refractivity contribution is 7.61. The Labute approximate surface area is 377 Å². The number of aliphatic hydroxyl groups is 2. The minimum Gasteiger partial charge on any atom is -0.462 e. The highest BCUT2D eigenvalue weighted by Gasteiger charge is 2.46. The van der Waals surface area contributed by atoms with Crippen molar-refractivity contribution < 1.29 is 71.1 Å². The predicted octanol–water partition coefficient (Wildman–Crippen LogP) is 7.31. The van der Waals surface area contributed by atoms with Crippen molar-refractivity contribution in [3.8, 4) is 0 Å². The number of carbonyl (C=O) groups is 3. The summed E-state index contributed by atoms with van der Waals surface area (Å²) >= 11 is 0. The van der Waals surface area contributed by atoms with E-state index in [0.29, 0.717) is 25.2 Å². The minimum atomic E-state index is -5.43. The minimum absolute atomic E-state index is 0.0000135. The second kappa shape index (κ2) is 31.8. The Morgan fingerprint density at radius 1 is 0.828 bits per heavy atom. The summed E-state index contributed by atoms with van der Waals surface area (Å²) < 4.78 is 56.4. The Morgan fingerprint density at radius 3 is 2.09 bits per heavy atom. The molecule has 0 bridgehead atoms. The molecule has 19 nitrogen and oxygen atoms in total. The standard InChI is InChI=1S/C43H73N3O16P2/c1-4-5-18-24-34(47)25-20-15-11-7-6-8-12-17-22-27-39(49)60-35(30-57-38(48)26-21-16-13-9-10-14-19-23-33(2)3)31-58-63(53,54)62-64(55,56)59-32-36-40(50)41(51)42(61-36)46-29-28-37(44)45-43(46)52/h11,15,20,25,28-29,33,35-36,40-42,50-51H,4-10,12-14,16-19,21-24,26-27,30-32H2,1-3H3,(H,53,54)(H,55,56)(H2,44,45,52)/b15-11-,25-20+/t35-,36-,40-,41-,42-/m1/s1. The lowest BCUT2D eigenvalue weighted by Crippen LogP contribution is -2.36. The van der Waals surface area contributed by atoms with Crippen LogP contribution in [0.25, 0.3) is 0 Å². The second-order valence-electron chi connectivity index (χ2n) is 16.4. The molecule has 64 heavy (non-hydrogen) atoms. The van der Waals surface area contributed by atoms with E-state index < -0.39 is 83.7 Å². The number of phosphoric ester groups is 2. The molecule has 6 N–H and O–H groups in total. The van der Waals surface area contributed by atoms with E-state index in [-0.39, 0.29) is 24.4 Å². The summed E-state index contributed by atoms with van der Waals surface area (Å²) in [6.45, 7) is 4.15. The number of aliphatic hydroxyl groups excluding tert-OH is 2. The number of carbonyl (C=O) groups excluding carboxylic acids is 3. The number of ketones is 1. The molecular formula is C43H73N3O16P2. The molecule has 2 heterocycles. The molecule has 0 aromatic carbocycles. The normalized spacial score (nSPS) is 20.1. The molecule has 1 aliphatic rings. The number of rotatable bonds is 36. The maximum atomic E-state index is 12.8. The smallest absolute Gasteiger partial charge is 0.462 e. The zero-order valence-electron chi connectivity index (χ0n) is 37.7. The van der Waals surface area contributed by atoms with Crippen LogP contribution in [0.5, 0.6) is 0 Å². The van der Waals surface area contributed by atoms with Gasteiger partial charge in [0.1, 0.15) is 30.7 Å². The maximum absolute atomic E-state index is 12.8. The van der Waals surface area contributed by atoms with Crippen molar-refractivity contribution in [2.24, 2.45) is 5.92 Å². The number of nitrogens with two attached hydrogens (primary N) is 1. The molecule has 7 atom stereocenters. The molecule has 0 aliphatic carbocycles. The van der Waals surface area contributed by atoms with Gasteiger partial charge in [-0.2, -0.15) is 9.29 Å². The average molecular weight is 950 g/mol. The van der Waals surface area contributed by atoms with Crippen molar-refractivity contribution in [3.63, 3.8) is 0 Å². The van der Waals surface area contributed by atoms with Crippen LogP contribution in [-0.2, 0) is 51.1 Å². The third-order valence-corrected chi connectivity index (χ3v) is 12.8. The summed E-state index contributed by atoms with van der Waals surface area (Å²) in [7, 11) is -10.9. The fraction of sp³-hybridized carbons (Fsp3) is 0.744. The molecule has 21 heteroatoms. The van der Waals surface area contributed by atoms with Crippen LogP contribution in [-0.4, -0.2) is 91.5 Å². The number of nitrogen functional groups attached to an aromatic ring is 1. The van der Waals surface area contributed by atoms with Crippen LogP contribution in [0.4, 0.5) is 5.82 Å². The molecule has 1 saturated heterocycles. The summed E-state index contributed by atoms with van der Waals surface area (Å²) in [4.78, 5) is 73.4. The number of anilines is 1.